The lowest BCUT2D eigenvalue weighted by atomic mass is 10.1. The van der Waals surface area contributed by atoms with Crippen molar-refractivity contribution in [2.24, 2.45) is 0 Å². The minimum atomic E-state index is -0.531. The Morgan fingerprint density at radius 3 is 2.91 bits per heavy atom. The molecule has 2 aromatic carbocycles. The van der Waals surface area contributed by atoms with E-state index in [2.05, 4.69) is 33.1 Å². The number of hydrogen-bond acceptors (Lipinski definition) is 2. The predicted molar refractivity (Wildman–Crippen MR) is 90.1 cm³/mol. The predicted octanol–water partition coefficient (Wildman–Crippen LogP) is 4.22. The molecule has 1 N–H and O–H groups in total. The summed E-state index contributed by atoms with van der Waals surface area (Å²) in [4.78, 5) is 14.5. The van der Waals surface area contributed by atoms with Crippen molar-refractivity contribution in [2.75, 3.05) is 23.3 Å². The summed E-state index contributed by atoms with van der Waals surface area (Å²) in [5, 5.41) is 2.77. The highest BCUT2D eigenvalue weighted by molar-refractivity contribution is 9.10. The second-order valence-corrected chi connectivity index (χ2v) is 6.17. The molecule has 0 bridgehead atoms. The number of carbonyl (C=O) groups excluding carboxylic acids is 1. The van der Waals surface area contributed by atoms with Crippen molar-refractivity contribution in [1.82, 2.24) is 0 Å². The van der Waals surface area contributed by atoms with Gasteiger partial charge in [0.25, 0.3) is 5.91 Å². The van der Waals surface area contributed by atoms with E-state index in [9.17, 15) is 9.18 Å². The topological polar surface area (TPSA) is 32.3 Å². The van der Waals surface area contributed by atoms with Crippen molar-refractivity contribution in [2.45, 2.75) is 13.3 Å². The zero-order valence-electron chi connectivity index (χ0n) is 12.2. The van der Waals surface area contributed by atoms with Crippen molar-refractivity contribution < 1.29 is 9.18 Å². The monoisotopic (exact) mass is 362 g/mol. The maximum absolute atomic E-state index is 13.8. The molecule has 3 nitrogen and oxygen atoms in total. The number of nitrogens with zero attached hydrogens (tertiary/aromatic N) is 1. The number of rotatable bonds is 3. The molecule has 5 heteroatoms. The Morgan fingerprint density at radius 2 is 2.14 bits per heavy atom. The van der Waals surface area contributed by atoms with Crippen molar-refractivity contribution >= 4 is 33.2 Å². The molecule has 1 amide bonds. The number of fused-ring (bicyclic) bond motifs is 1. The van der Waals surface area contributed by atoms with Crippen LogP contribution >= 0.6 is 15.9 Å². The summed E-state index contributed by atoms with van der Waals surface area (Å²) in [6.45, 7) is 4.05. The van der Waals surface area contributed by atoms with Crippen molar-refractivity contribution in [3.8, 4) is 0 Å². The first-order valence-corrected chi connectivity index (χ1v) is 8.02. The van der Waals surface area contributed by atoms with Gasteiger partial charge < -0.3 is 10.2 Å². The lowest BCUT2D eigenvalue weighted by molar-refractivity contribution is 0.102. The van der Waals surface area contributed by atoms with E-state index in [1.807, 2.05) is 18.2 Å². The van der Waals surface area contributed by atoms with Gasteiger partial charge in [-0.3, -0.25) is 4.79 Å². The largest absolute Gasteiger partial charge is 0.371 e. The van der Waals surface area contributed by atoms with Gasteiger partial charge in [0.15, 0.2) is 0 Å². The number of benzene rings is 2. The van der Waals surface area contributed by atoms with Crippen LogP contribution in [0.1, 0.15) is 22.8 Å². The van der Waals surface area contributed by atoms with E-state index >= 15 is 0 Å². The Bertz CT molecular complexity index is 733. The quantitative estimate of drug-likeness (QED) is 0.886. The Hall–Kier alpha value is -1.88. The molecule has 0 saturated heterocycles. The minimum Gasteiger partial charge on any atom is -0.371 e. The molecule has 1 heterocycles. The van der Waals surface area contributed by atoms with Crippen molar-refractivity contribution in [3.63, 3.8) is 0 Å². The number of hydrogen-bond donors (Lipinski definition) is 1. The van der Waals surface area contributed by atoms with Gasteiger partial charge in [-0.15, -0.1) is 0 Å². The first-order chi connectivity index (χ1) is 10.6. The SMILES string of the molecule is CCN1CCc2ccc(NC(=O)c3cc(Br)ccc3F)cc21. The van der Waals surface area contributed by atoms with E-state index in [0.717, 1.165) is 25.2 Å². The first kappa shape index (κ1) is 15.0. The molecule has 2 aromatic rings. The third-order valence-corrected chi connectivity index (χ3v) is 4.38. The number of amides is 1. The molecule has 0 aliphatic carbocycles. The van der Waals surface area contributed by atoms with Crippen molar-refractivity contribution in [1.29, 1.82) is 0 Å². The number of halogens is 2. The molecule has 0 spiro atoms. The second-order valence-electron chi connectivity index (χ2n) is 5.25. The van der Waals surface area contributed by atoms with E-state index in [-0.39, 0.29) is 5.56 Å². The zero-order valence-corrected chi connectivity index (χ0v) is 13.8. The molecule has 0 saturated carbocycles. The van der Waals surface area contributed by atoms with Crippen LogP contribution in [0.4, 0.5) is 15.8 Å². The fourth-order valence-corrected chi connectivity index (χ4v) is 3.08. The highest BCUT2D eigenvalue weighted by atomic mass is 79.9. The van der Waals surface area contributed by atoms with Gasteiger partial charge in [0, 0.05) is 28.9 Å². The van der Waals surface area contributed by atoms with Crippen LogP contribution in [0.25, 0.3) is 0 Å². The van der Waals surface area contributed by atoms with Gasteiger partial charge in [-0.05, 0) is 49.2 Å². The van der Waals surface area contributed by atoms with Crippen LogP contribution in [0.3, 0.4) is 0 Å². The Balaban J connectivity index is 1.84. The molecular weight excluding hydrogens is 347 g/mol. The van der Waals surface area contributed by atoms with Crippen LogP contribution in [0.5, 0.6) is 0 Å². The summed E-state index contributed by atoms with van der Waals surface area (Å²) < 4.78 is 14.4. The molecule has 0 aromatic heterocycles. The molecule has 0 unspecified atom stereocenters. The molecular formula is C17H16BrFN2O. The number of nitrogens with one attached hydrogen (secondary N) is 1. The smallest absolute Gasteiger partial charge is 0.258 e. The van der Waals surface area contributed by atoms with Gasteiger partial charge >= 0.3 is 0 Å². The zero-order chi connectivity index (χ0) is 15.7. The summed E-state index contributed by atoms with van der Waals surface area (Å²) in [5.74, 6) is -0.975. The van der Waals surface area contributed by atoms with Crippen LogP contribution in [0.15, 0.2) is 40.9 Å². The van der Waals surface area contributed by atoms with Gasteiger partial charge in [0.1, 0.15) is 5.82 Å². The van der Waals surface area contributed by atoms with Gasteiger partial charge in [0.2, 0.25) is 0 Å². The van der Waals surface area contributed by atoms with Crippen LogP contribution in [-0.2, 0) is 6.42 Å². The van der Waals surface area contributed by atoms with Gasteiger partial charge in [-0.2, -0.15) is 0 Å². The van der Waals surface area contributed by atoms with Crippen LogP contribution < -0.4 is 10.2 Å². The maximum Gasteiger partial charge on any atom is 0.258 e. The molecule has 1 aliphatic heterocycles. The number of likely N-dealkylation sites (N-methyl/N-ethyl adjacent to an activating group) is 1. The van der Waals surface area contributed by atoms with Gasteiger partial charge in [0.05, 0.1) is 5.56 Å². The summed E-state index contributed by atoms with van der Waals surface area (Å²) in [6.07, 6.45) is 1.03. The average Bonchev–Trinajstić information content (AvgIpc) is 2.92. The molecule has 0 fully saturated rings. The average molecular weight is 363 g/mol. The maximum atomic E-state index is 13.8. The minimum absolute atomic E-state index is 0.0298. The summed E-state index contributed by atoms with van der Waals surface area (Å²) in [6, 6.07) is 10.2. The lowest BCUT2D eigenvalue weighted by Crippen LogP contribution is -2.19. The van der Waals surface area contributed by atoms with Crippen molar-refractivity contribution in [3.05, 3.63) is 57.8 Å². The Kier molecular flexibility index (Phi) is 4.16. The van der Waals surface area contributed by atoms with Gasteiger partial charge in [-0.25, -0.2) is 4.39 Å². The van der Waals surface area contributed by atoms with Crippen LogP contribution in [-0.4, -0.2) is 19.0 Å². The molecule has 114 valence electrons. The normalized spacial score (nSPS) is 13.1. The Morgan fingerprint density at radius 1 is 1.32 bits per heavy atom. The lowest BCUT2D eigenvalue weighted by Gasteiger charge is -2.17. The van der Waals surface area contributed by atoms with E-state index in [1.165, 1.54) is 17.7 Å². The summed E-state index contributed by atoms with van der Waals surface area (Å²) >= 11 is 3.25. The third-order valence-electron chi connectivity index (χ3n) is 3.89. The van der Waals surface area contributed by atoms with Crippen LogP contribution in [0.2, 0.25) is 0 Å². The number of carbonyl (C=O) groups is 1. The Labute approximate surface area is 137 Å². The highest BCUT2D eigenvalue weighted by Gasteiger charge is 2.19. The molecule has 3 rings (SSSR count). The molecule has 1 aliphatic rings. The number of anilines is 2. The molecule has 0 atom stereocenters. The fraction of sp³-hybridized carbons (Fsp3) is 0.235. The highest BCUT2D eigenvalue weighted by Crippen LogP contribution is 2.30. The molecule has 22 heavy (non-hydrogen) atoms. The second kappa shape index (κ2) is 6.08. The summed E-state index contributed by atoms with van der Waals surface area (Å²) in [5.41, 5.74) is 3.15. The first-order valence-electron chi connectivity index (χ1n) is 7.22. The molecule has 0 radical (unpaired) electrons. The third kappa shape index (κ3) is 2.86. The fourth-order valence-electron chi connectivity index (χ4n) is 2.72. The van der Waals surface area contributed by atoms with E-state index in [0.29, 0.717) is 10.2 Å². The standard InChI is InChI=1S/C17H16BrFN2O/c1-2-21-8-7-11-3-5-13(10-16(11)21)20-17(22)14-9-12(18)4-6-15(14)19/h3-6,9-10H,2,7-8H2,1H3,(H,20,22). The summed E-state index contributed by atoms with van der Waals surface area (Å²) in [7, 11) is 0. The van der Waals surface area contributed by atoms with E-state index in [4.69, 9.17) is 0 Å². The van der Waals surface area contributed by atoms with Crippen LogP contribution in [0, 0.1) is 5.82 Å². The van der Waals surface area contributed by atoms with E-state index in [1.54, 1.807) is 6.07 Å². The van der Waals surface area contributed by atoms with Gasteiger partial charge in [-0.1, -0.05) is 22.0 Å². The van der Waals surface area contributed by atoms with E-state index < -0.39 is 11.7 Å².